The predicted molar refractivity (Wildman–Crippen MR) is 119 cm³/mol. The first-order valence-corrected chi connectivity index (χ1v) is 10.3. The molecule has 0 amide bonds. The lowest BCUT2D eigenvalue weighted by Gasteiger charge is -2.11. The minimum absolute atomic E-state index is 0. The van der Waals surface area contributed by atoms with E-state index in [1.807, 2.05) is 6.92 Å². The van der Waals surface area contributed by atoms with Crippen molar-refractivity contribution in [2.75, 3.05) is 32.4 Å². The highest BCUT2D eigenvalue weighted by Crippen LogP contribution is 2.22. The van der Waals surface area contributed by atoms with Crippen molar-refractivity contribution in [3.8, 4) is 0 Å². The molecule has 0 fully saturated rings. The number of guanidine groups is 1. The molecule has 0 spiro atoms. The van der Waals surface area contributed by atoms with Crippen LogP contribution in [0.25, 0.3) is 10.9 Å². The number of fused-ring (bicyclic) bond motifs is 1. The summed E-state index contributed by atoms with van der Waals surface area (Å²) >= 11 is 0. The Bertz CT molecular complexity index is 833. The van der Waals surface area contributed by atoms with Gasteiger partial charge in [-0.15, -0.1) is 24.0 Å². The van der Waals surface area contributed by atoms with Gasteiger partial charge in [-0.1, -0.05) is 12.1 Å². The lowest BCUT2D eigenvalue weighted by molar-refractivity contribution is 0.588. The first kappa shape index (κ1) is 22.7. The normalized spacial score (nSPS) is 12.0. The molecule has 0 saturated carbocycles. The molecule has 4 N–H and O–H groups in total. The van der Waals surface area contributed by atoms with E-state index in [1.165, 1.54) is 16.5 Å². The highest BCUT2D eigenvalue weighted by molar-refractivity contribution is 14.0. The summed E-state index contributed by atoms with van der Waals surface area (Å²) in [5.41, 5.74) is 3.69. The van der Waals surface area contributed by atoms with Crippen molar-refractivity contribution in [1.82, 2.24) is 20.3 Å². The number of halogens is 1. The summed E-state index contributed by atoms with van der Waals surface area (Å²) in [6, 6.07) is 6.25. The quantitative estimate of drug-likeness (QED) is 0.195. The average molecular weight is 493 g/mol. The van der Waals surface area contributed by atoms with E-state index in [1.54, 1.807) is 0 Å². The maximum atomic E-state index is 11.0. The number of benzene rings is 1. The number of aliphatic imine (C=N–C) groups is 1. The molecule has 0 bridgehead atoms. The second-order valence-electron chi connectivity index (χ2n) is 5.92. The van der Waals surface area contributed by atoms with Gasteiger partial charge in [-0.3, -0.25) is 4.99 Å². The van der Waals surface area contributed by atoms with Gasteiger partial charge in [0, 0.05) is 36.7 Å². The van der Waals surface area contributed by atoms with E-state index in [2.05, 4.69) is 56.7 Å². The van der Waals surface area contributed by atoms with Crippen molar-refractivity contribution in [2.24, 2.45) is 4.99 Å². The number of hydrogen-bond acceptors (Lipinski definition) is 3. The molecule has 0 aliphatic rings. The maximum Gasteiger partial charge on any atom is 0.208 e. The summed E-state index contributed by atoms with van der Waals surface area (Å²) in [5, 5.41) is 7.73. The summed E-state index contributed by atoms with van der Waals surface area (Å²) in [4.78, 5) is 7.68. The number of nitrogens with zero attached hydrogens (tertiary/aromatic N) is 1. The molecule has 146 valence electrons. The number of H-pyrrole nitrogens is 1. The molecule has 26 heavy (non-hydrogen) atoms. The standard InChI is InChI=1S/C17H27N5O2S.HI/c1-4-18-17(20-10-11-22-25(3,23)24)19-9-8-14-12-21-15-7-5-6-13(2)16(14)15;/h5-7,12,21-22H,4,8-11H2,1-3H3,(H2,18,19,20);1H. The highest BCUT2D eigenvalue weighted by atomic mass is 127. The Hall–Kier alpha value is -1.33. The first-order valence-electron chi connectivity index (χ1n) is 8.43. The zero-order chi connectivity index (χ0) is 18.3. The second-order valence-corrected chi connectivity index (χ2v) is 7.75. The van der Waals surface area contributed by atoms with E-state index in [0.29, 0.717) is 12.5 Å². The van der Waals surface area contributed by atoms with Crippen molar-refractivity contribution in [3.05, 3.63) is 35.5 Å². The Morgan fingerprint density at radius 3 is 2.69 bits per heavy atom. The smallest absolute Gasteiger partial charge is 0.208 e. The monoisotopic (exact) mass is 493 g/mol. The zero-order valence-corrected chi connectivity index (χ0v) is 18.6. The van der Waals surface area contributed by atoms with E-state index < -0.39 is 10.0 Å². The highest BCUT2D eigenvalue weighted by Gasteiger charge is 2.06. The number of sulfonamides is 1. The lowest BCUT2D eigenvalue weighted by atomic mass is 10.1. The molecule has 0 aliphatic carbocycles. The van der Waals surface area contributed by atoms with Crippen LogP contribution < -0.4 is 15.4 Å². The largest absolute Gasteiger partial charge is 0.361 e. The minimum atomic E-state index is -3.17. The zero-order valence-electron chi connectivity index (χ0n) is 15.4. The van der Waals surface area contributed by atoms with Gasteiger partial charge >= 0.3 is 0 Å². The summed E-state index contributed by atoms with van der Waals surface area (Å²) in [5.74, 6) is 0.689. The summed E-state index contributed by atoms with van der Waals surface area (Å²) in [7, 11) is -3.17. The fourth-order valence-electron chi connectivity index (χ4n) is 2.70. The molecule has 0 atom stereocenters. The molecule has 2 rings (SSSR count). The molecule has 1 aromatic carbocycles. The molecule has 2 aromatic rings. The number of aromatic amines is 1. The van der Waals surface area contributed by atoms with Gasteiger partial charge in [0.2, 0.25) is 10.0 Å². The molecule has 0 saturated heterocycles. The van der Waals surface area contributed by atoms with Crippen molar-refractivity contribution >= 4 is 50.9 Å². The van der Waals surface area contributed by atoms with Crippen LogP contribution in [0.5, 0.6) is 0 Å². The van der Waals surface area contributed by atoms with Gasteiger partial charge in [-0.05, 0) is 37.5 Å². The molecule has 0 aliphatic heterocycles. The van der Waals surface area contributed by atoms with Crippen LogP contribution in [0.4, 0.5) is 0 Å². The van der Waals surface area contributed by atoms with E-state index >= 15 is 0 Å². The van der Waals surface area contributed by atoms with Crippen LogP contribution in [0, 0.1) is 6.92 Å². The van der Waals surface area contributed by atoms with Crippen LogP contribution in [0.1, 0.15) is 18.1 Å². The van der Waals surface area contributed by atoms with Crippen LogP contribution >= 0.6 is 24.0 Å². The Kier molecular flexibility index (Phi) is 9.37. The topological polar surface area (TPSA) is 98.4 Å². The maximum absolute atomic E-state index is 11.0. The van der Waals surface area contributed by atoms with Gasteiger partial charge in [0.25, 0.3) is 0 Å². The summed E-state index contributed by atoms with van der Waals surface area (Å²) in [6.07, 6.45) is 4.07. The Morgan fingerprint density at radius 1 is 1.23 bits per heavy atom. The fourth-order valence-corrected chi connectivity index (χ4v) is 3.17. The van der Waals surface area contributed by atoms with E-state index in [9.17, 15) is 8.42 Å². The Morgan fingerprint density at radius 2 is 2.00 bits per heavy atom. The molecule has 0 radical (unpaired) electrons. The molecular formula is C17H28IN5O2S. The van der Waals surface area contributed by atoms with Gasteiger partial charge in [-0.25, -0.2) is 13.1 Å². The number of hydrogen-bond donors (Lipinski definition) is 4. The molecule has 1 aromatic heterocycles. The van der Waals surface area contributed by atoms with Gasteiger partial charge in [0.05, 0.1) is 12.8 Å². The van der Waals surface area contributed by atoms with Crippen LogP contribution in [0.2, 0.25) is 0 Å². The van der Waals surface area contributed by atoms with E-state index in [0.717, 1.165) is 31.3 Å². The average Bonchev–Trinajstić information content (AvgIpc) is 2.95. The Labute approximate surface area is 172 Å². The van der Waals surface area contributed by atoms with Crippen molar-refractivity contribution < 1.29 is 8.42 Å². The van der Waals surface area contributed by atoms with Crippen molar-refractivity contribution in [1.29, 1.82) is 0 Å². The fraction of sp³-hybridized carbons (Fsp3) is 0.471. The van der Waals surface area contributed by atoms with E-state index in [-0.39, 0.29) is 30.5 Å². The molecule has 7 nitrogen and oxygen atoms in total. The van der Waals surface area contributed by atoms with Gasteiger partial charge < -0.3 is 15.6 Å². The predicted octanol–water partition coefficient (Wildman–Crippen LogP) is 1.74. The molecule has 0 unspecified atom stereocenters. The lowest BCUT2D eigenvalue weighted by Crippen LogP contribution is -2.39. The van der Waals surface area contributed by atoms with Gasteiger partial charge in [0.1, 0.15) is 0 Å². The van der Waals surface area contributed by atoms with E-state index in [4.69, 9.17) is 0 Å². The number of rotatable bonds is 8. The van der Waals surface area contributed by atoms with Gasteiger partial charge in [-0.2, -0.15) is 0 Å². The van der Waals surface area contributed by atoms with Crippen LogP contribution in [0.15, 0.2) is 29.4 Å². The minimum Gasteiger partial charge on any atom is -0.361 e. The third-order valence-electron chi connectivity index (χ3n) is 3.77. The number of aromatic nitrogens is 1. The van der Waals surface area contributed by atoms with Crippen molar-refractivity contribution in [3.63, 3.8) is 0 Å². The van der Waals surface area contributed by atoms with Crippen LogP contribution in [-0.4, -0.2) is 51.8 Å². The van der Waals surface area contributed by atoms with Gasteiger partial charge in [0.15, 0.2) is 5.96 Å². The van der Waals surface area contributed by atoms with Crippen LogP contribution in [-0.2, 0) is 16.4 Å². The molecule has 1 heterocycles. The molecular weight excluding hydrogens is 465 g/mol. The Balaban J connectivity index is 0.00000338. The second kappa shape index (κ2) is 10.7. The number of nitrogens with one attached hydrogen (secondary N) is 4. The summed E-state index contributed by atoms with van der Waals surface area (Å²) in [6.45, 7) is 6.28. The number of aryl methyl sites for hydroxylation is 1. The summed E-state index contributed by atoms with van der Waals surface area (Å²) < 4.78 is 24.5. The first-order chi connectivity index (χ1) is 11.9. The van der Waals surface area contributed by atoms with Crippen molar-refractivity contribution in [2.45, 2.75) is 20.3 Å². The third kappa shape index (κ3) is 7.12. The third-order valence-corrected chi connectivity index (χ3v) is 4.50. The molecule has 9 heteroatoms. The SMILES string of the molecule is CCNC(=NCCNS(C)(=O)=O)NCCc1c[nH]c2cccc(C)c12.I. The van der Waals surface area contributed by atoms with Crippen LogP contribution in [0.3, 0.4) is 0 Å².